The normalized spacial score (nSPS) is 14.3. The monoisotopic (exact) mass is 349 g/mol. The lowest BCUT2D eigenvalue weighted by atomic mass is 10.2. The maximum atomic E-state index is 12.5. The highest BCUT2D eigenvalue weighted by molar-refractivity contribution is 5.89. The Balaban J connectivity index is 1.34. The van der Waals surface area contributed by atoms with Crippen molar-refractivity contribution in [1.29, 1.82) is 0 Å². The zero-order valence-corrected chi connectivity index (χ0v) is 14.2. The first-order valence-electron chi connectivity index (χ1n) is 8.47. The van der Waals surface area contributed by atoms with E-state index in [4.69, 9.17) is 0 Å². The molecule has 1 aliphatic heterocycles. The van der Waals surface area contributed by atoms with Crippen LogP contribution in [-0.2, 0) is 0 Å². The van der Waals surface area contributed by atoms with E-state index in [9.17, 15) is 4.79 Å². The van der Waals surface area contributed by atoms with Crippen LogP contribution in [-0.4, -0.2) is 56.9 Å². The molecule has 2 aromatic heterocycles. The second-order valence-electron chi connectivity index (χ2n) is 5.96. The van der Waals surface area contributed by atoms with Gasteiger partial charge in [0.15, 0.2) is 0 Å². The number of benzene rings is 1. The molecule has 3 heterocycles. The lowest BCUT2D eigenvalue weighted by Gasteiger charge is -2.35. The van der Waals surface area contributed by atoms with Gasteiger partial charge in [-0.3, -0.25) is 0 Å². The second-order valence-corrected chi connectivity index (χ2v) is 5.96. The van der Waals surface area contributed by atoms with Crippen LogP contribution in [0.2, 0.25) is 0 Å². The molecule has 8 nitrogen and oxygen atoms in total. The number of carbonyl (C=O) groups is 1. The van der Waals surface area contributed by atoms with Gasteiger partial charge in [0.2, 0.25) is 5.95 Å². The molecule has 132 valence electrons. The van der Waals surface area contributed by atoms with Gasteiger partial charge in [-0.15, -0.1) is 0 Å². The highest BCUT2D eigenvalue weighted by Gasteiger charge is 2.21. The van der Waals surface area contributed by atoms with E-state index in [0.29, 0.717) is 24.7 Å². The third-order valence-corrected chi connectivity index (χ3v) is 4.28. The Hall–Kier alpha value is -3.42. The highest BCUT2D eigenvalue weighted by Crippen LogP contribution is 2.16. The topological polar surface area (TPSA) is 79.2 Å². The largest absolute Gasteiger partial charge is 0.368 e. The summed E-state index contributed by atoms with van der Waals surface area (Å²) in [5, 5.41) is 7.07. The summed E-state index contributed by atoms with van der Waals surface area (Å²) >= 11 is 0. The van der Waals surface area contributed by atoms with Crippen LogP contribution in [0.1, 0.15) is 0 Å². The zero-order chi connectivity index (χ0) is 17.8. The third-order valence-electron chi connectivity index (χ3n) is 4.28. The van der Waals surface area contributed by atoms with Crippen molar-refractivity contribution in [2.45, 2.75) is 0 Å². The van der Waals surface area contributed by atoms with Crippen LogP contribution in [0.25, 0.3) is 5.95 Å². The lowest BCUT2D eigenvalue weighted by molar-refractivity contribution is 0.208. The highest BCUT2D eigenvalue weighted by atomic mass is 16.2. The van der Waals surface area contributed by atoms with Gasteiger partial charge >= 0.3 is 6.03 Å². The number of nitrogens with zero attached hydrogens (tertiary/aromatic N) is 6. The van der Waals surface area contributed by atoms with E-state index < -0.39 is 0 Å². The van der Waals surface area contributed by atoms with Crippen molar-refractivity contribution in [2.24, 2.45) is 0 Å². The SMILES string of the molecule is O=C(Nc1cnn(-c2ncccn2)c1)N1CCN(c2ccccc2)CC1. The molecule has 1 aromatic carbocycles. The number of hydrogen-bond acceptors (Lipinski definition) is 5. The van der Waals surface area contributed by atoms with Crippen LogP contribution in [0.3, 0.4) is 0 Å². The molecule has 26 heavy (non-hydrogen) atoms. The molecule has 0 aliphatic carbocycles. The standard InChI is InChI=1S/C18H19N7O/c26-18(22-15-13-21-25(14-15)17-19-7-4-8-20-17)24-11-9-23(10-12-24)16-5-2-1-3-6-16/h1-8,13-14H,9-12H2,(H,22,26). The van der Waals surface area contributed by atoms with Crippen LogP contribution in [0.4, 0.5) is 16.2 Å². The maximum Gasteiger partial charge on any atom is 0.322 e. The van der Waals surface area contributed by atoms with E-state index >= 15 is 0 Å². The molecule has 3 aromatic rings. The van der Waals surface area contributed by atoms with Crippen LogP contribution in [0, 0.1) is 0 Å². The number of aromatic nitrogens is 4. The van der Waals surface area contributed by atoms with Crippen LogP contribution < -0.4 is 10.2 Å². The van der Waals surface area contributed by atoms with E-state index in [1.54, 1.807) is 30.9 Å². The molecule has 1 aliphatic rings. The fraction of sp³-hybridized carbons (Fsp3) is 0.222. The third kappa shape index (κ3) is 3.49. The molecule has 1 fully saturated rings. The summed E-state index contributed by atoms with van der Waals surface area (Å²) in [6.07, 6.45) is 6.59. The molecule has 0 atom stereocenters. The molecule has 4 rings (SSSR count). The molecule has 0 radical (unpaired) electrons. The van der Waals surface area contributed by atoms with Crippen molar-refractivity contribution in [3.63, 3.8) is 0 Å². The lowest BCUT2D eigenvalue weighted by Crippen LogP contribution is -2.50. The number of carbonyl (C=O) groups excluding carboxylic acids is 1. The molecule has 0 unspecified atom stereocenters. The predicted octanol–water partition coefficient (Wildman–Crippen LogP) is 2.02. The molecule has 0 spiro atoms. The predicted molar refractivity (Wildman–Crippen MR) is 98.4 cm³/mol. The van der Waals surface area contributed by atoms with Gasteiger partial charge in [-0.2, -0.15) is 5.10 Å². The van der Waals surface area contributed by atoms with Crippen LogP contribution >= 0.6 is 0 Å². The van der Waals surface area contributed by atoms with Gasteiger partial charge in [0.25, 0.3) is 0 Å². The number of anilines is 2. The molecule has 8 heteroatoms. The van der Waals surface area contributed by atoms with E-state index in [1.165, 1.54) is 10.4 Å². The summed E-state index contributed by atoms with van der Waals surface area (Å²) in [5.74, 6) is 0.462. The van der Waals surface area contributed by atoms with Gasteiger partial charge in [-0.25, -0.2) is 19.4 Å². The van der Waals surface area contributed by atoms with Gasteiger partial charge < -0.3 is 15.1 Å². The number of para-hydroxylation sites is 1. The molecular weight excluding hydrogens is 330 g/mol. The Labute approximate surface area is 151 Å². The minimum Gasteiger partial charge on any atom is -0.368 e. The van der Waals surface area contributed by atoms with Crippen LogP contribution in [0.15, 0.2) is 61.2 Å². The minimum atomic E-state index is -0.119. The van der Waals surface area contributed by atoms with Gasteiger partial charge in [-0.05, 0) is 18.2 Å². The van der Waals surface area contributed by atoms with E-state index in [-0.39, 0.29) is 6.03 Å². The average molecular weight is 349 g/mol. The number of piperazine rings is 1. The smallest absolute Gasteiger partial charge is 0.322 e. The number of hydrogen-bond donors (Lipinski definition) is 1. The first-order chi connectivity index (χ1) is 12.8. The summed E-state index contributed by atoms with van der Waals surface area (Å²) in [4.78, 5) is 24.8. The van der Waals surface area contributed by atoms with Crippen molar-refractivity contribution < 1.29 is 4.79 Å². The summed E-state index contributed by atoms with van der Waals surface area (Å²) in [7, 11) is 0. The van der Waals surface area contributed by atoms with Crippen molar-refractivity contribution >= 4 is 17.4 Å². The van der Waals surface area contributed by atoms with E-state index in [1.807, 2.05) is 23.1 Å². The van der Waals surface area contributed by atoms with Gasteiger partial charge in [0, 0.05) is 44.3 Å². The molecule has 1 N–H and O–H groups in total. The number of amides is 2. The fourth-order valence-electron chi connectivity index (χ4n) is 2.92. The van der Waals surface area contributed by atoms with Crippen molar-refractivity contribution in [3.8, 4) is 5.95 Å². The number of urea groups is 1. The van der Waals surface area contributed by atoms with Crippen molar-refractivity contribution in [2.75, 3.05) is 36.4 Å². The Kier molecular flexibility index (Phi) is 4.46. The second kappa shape index (κ2) is 7.22. The number of nitrogens with one attached hydrogen (secondary N) is 1. The minimum absolute atomic E-state index is 0.119. The fourth-order valence-corrected chi connectivity index (χ4v) is 2.92. The van der Waals surface area contributed by atoms with Gasteiger partial charge in [0.05, 0.1) is 18.1 Å². The van der Waals surface area contributed by atoms with E-state index in [0.717, 1.165) is 13.1 Å². The Morgan fingerprint density at radius 1 is 0.962 bits per heavy atom. The van der Waals surface area contributed by atoms with Crippen molar-refractivity contribution in [3.05, 3.63) is 61.2 Å². The van der Waals surface area contributed by atoms with Gasteiger partial charge in [0.1, 0.15) is 0 Å². The quantitative estimate of drug-likeness (QED) is 0.782. The van der Waals surface area contributed by atoms with Crippen molar-refractivity contribution in [1.82, 2.24) is 24.6 Å². The molecule has 2 amide bonds. The summed E-state index contributed by atoms with van der Waals surface area (Å²) in [6.45, 7) is 2.98. The first-order valence-corrected chi connectivity index (χ1v) is 8.47. The molecular formula is C18H19N7O. The van der Waals surface area contributed by atoms with Crippen LogP contribution in [0.5, 0.6) is 0 Å². The molecule has 0 saturated carbocycles. The summed E-state index contributed by atoms with van der Waals surface area (Å²) in [5.41, 5.74) is 1.81. The Morgan fingerprint density at radius 3 is 2.42 bits per heavy atom. The van der Waals surface area contributed by atoms with E-state index in [2.05, 4.69) is 37.4 Å². The zero-order valence-electron chi connectivity index (χ0n) is 14.2. The average Bonchev–Trinajstić information content (AvgIpc) is 3.18. The number of rotatable bonds is 3. The Morgan fingerprint density at radius 2 is 1.69 bits per heavy atom. The molecule has 0 bridgehead atoms. The molecule has 1 saturated heterocycles. The first kappa shape index (κ1) is 16.1. The van der Waals surface area contributed by atoms with Gasteiger partial charge in [-0.1, -0.05) is 18.2 Å². The Bertz CT molecular complexity index is 858. The summed E-state index contributed by atoms with van der Waals surface area (Å²) in [6, 6.07) is 11.9. The summed E-state index contributed by atoms with van der Waals surface area (Å²) < 4.78 is 1.53. The maximum absolute atomic E-state index is 12.5.